The normalized spacial score (nSPS) is 19.6. The van der Waals surface area contributed by atoms with E-state index in [-0.39, 0.29) is 17.8 Å². The van der Waals surface area contributed by atoms with Crippen molar-refractivity contribution in [2.45, 2.75) is 31.7 Å². The molecule has 1 aromatic carbocycles. The number of nitrogens with zero attached hydrogens (tertiary/aromatic N) is 4. The number of hydrogen-bond acceptors (Lipinski definition) is 3. The minimum Gasteiger partial charge on any atom is -0.331 e. The minimum atomic E-state index is -0.688. The largest absolute Gasteiger partial charge is 0.331 e. The maximum atomic E-state index is 13.8. The Morgan fingerprint density at radius 3 is 2.57 bits per heavy atom. The summed E-state index contributed by atoms with van der Waals surface area (Å²) in [7, 11) is 3.45. The first-order chi connectivity index (χ1) is 14.3. The summed E-state index contributed by atoms with van der Waals surface area (Å²) in [6.07, 6.45) is 4.29. The van der Waals surface area contributed by atoms with E-state index in [1.807, 2.05) is 4.90 Å². The predicted molar refractivity (Wildman–Crippen MR) is 111 cm³/mol. The van der Waals surface area contributed by atoms with Crippen LogP contribution < -0.4 is 5.32 Å². The second-order valence-corrected chi connectivity index (χ2v) is 8.22. The number of likely N-dealkylation sites (tertiary alicyclic amines) is 2. The van der Waals surface area contributed by atoms with Crippen LogP contribution in [-0.2, 0) is 0 Å². The van der Waals surface area contributed by atoms with Crippen molar-refractivity contribution in [3.05, 3.63) is 29.8 Å². The van der Waals surface area contributed by atoms with Crippen molar-refractivity contribution in [1.29, 1.82) is 0 Å². The van der Waals surface area contributed by atoms with Crippen LogP contribution in [0, 0.1) is 11.6 Å². The molecule has 2 aliphatic rings. The van der Waals surface area contributed by atoms with Gasteiger partial charge in [0.2, 0.25) is 0 Å². The van der Waals surface area contributed by atoms with Crippen LogP contribution in [0.15, 0.2) is 18.2 Å². The lowest BCUT2D eigenvalue weighted by molar-refractivity contribution is 0.132. The number of piperidine rings is 1. The van der Waals surface area contributed by atoms with Crippen LogP contribution in [0.25, 0.3) is 0 Å². The molecule has 2 heterocycles. The molecule has 2 saturated heterocycles. The van der Waals surface area contributed by atoms with Crippen molar-refractivity contribution in [3.63, 3.8) is 0 Å². The highest BCUT2D eigenvalue weighted by molar-refractivity contribution is 5.89. The Bertz CT molecular complexity index is 755. The number of anilines is 1. The van der Waals surface area contributed by atoms with Gasteiger partial charge < -0.3 is 24.9 Å². The van der Waals surface area contributed by atoms with Crippen LogP contribution >= 0.6 is 0 Å². The third kappa shape index (κ3) is 5.59. The molecule has 166 valence electrons. The molecule has 30 heavy (non-hydrogen) atoms. The summed E-state index contributed by atoms with van der Waals surface area (Å²) in [6, 6.07) is 2.28. The molecule has 1 N–H and O–H groups in total. The average molecular weight is 424 g/mol. The van der Waals surface area contributed by atoms with E-state index < -0.39 is 17.7 Å². The van der Waals surface area contributed by atoms with Crippen molar-refractivity contribution in [1.82, 2.24) is 19.6 Å². The smallest absolute Gasteiger partial charge is 0.321 e. The molecule has 0 aromatic heterocycles. The van der Waals surface area contributed by atoms with Gasteiger partial charge in [0.25, 0.3) is 0 Å². The fourth-order valence-corrected chi connectivity index (χ4v) is 4.09. The van der Waals surface area contributed by atoms with Crippen LogP contribution in [0.4, 0.5) is 24.1 Å². The Morgan fingerprint density at radius 2 is 1.87 bits per heavy atom. The molecule has 1 unspecified atom stereocenters. The van der Waals surface area contributed by atoms with E-state index in [0.717, 1.165) is 37.8 Å². The number of benzene rings is 1. The van der Waals surface area contributed by atoms with Gasteiger partial charge in [-0.25, -0.2) is 18.4 Å². The van der Waals surface area contributed by atoms with Crippen LogP contribution in [-0.4, -0.2) is 91.1 Å². The molecule has 0 saturated carbocycles. The number of rotatable bonds is 5. The molecule has 0 aliphatic carbocycles. The van der Waals surface area contributed by atoms with E-state index in [1.165, 1.54) is 19.3 Å². The molecular weight excluding hydrogens is 392 g/mol. The van der Waals surface area contributed by atoms with E-state index in [1.54, 1.807) is 23.9 Å². The zero-order valence-corrected chi connectivity index (χ0v) is 17.7. The highest BCUT2D eigenvalue weighted by Crippen LogP contribution is 2.21. The van der Waals surface area contributed by atoms with E-state index in [4.69, 9.17) is 0 Å². The summed E-state index contributed by atoms with van der Waals surface area (Å²) >= 11 is 0. The summed E-state index contributed by atoms with van der Waals surface area (Å²) in [5, 5.41) is 2.44. The molecule has 7 nitrogen and oxygen atoms in total. The Labute approximate surface area is 176 Å². The quantitative estimate of drug-likeness (QED) is 0.792. The van der Waals surface area contributed by atoms with Gasteiger partial charge in [-0.3, -0.25) is 0 Å². The first kappa shape index (κ1) is 22.3. The highest BCUT2D eigenvalue weighted by Gasteiger charge is 2.34. The SMILES string of the molecule is CN(C)C(=O)N(CCN1CCCCC1)C1CCN(C(=O)Nc2cc(F)ccc2F)C1. The van der Waals surface area contributed by atoms with Gasteiger partial charge in [0.15, 0.2) is 0 Å². The minimum absolute atomic E-state index is 0.0737. The highest BCUT2D eigenvalue weighted by atomic mass is 19.1. The van der Waals surface area contributed by atoms with Crippen molar-refractivity contribution in [2.75, 3.05) is 58.7 Å². The standard InChI is InChI=1S/C21H31F2N5O2/c1-25(2)21(30)28(13-12-26-9-4-3-5-10-26)17-8-11-27(15-17)20(29)24-19-14-16(22)6-7-18(19)23/h6-7,14,17H,3-5,8-13,15H2,1-2H3,(H,24,29). The molecule has 4 amide bonds. The van der Waals surface area contributed by atoms with Gasteiger partial charge >= 0.3 is 12.1 Å². The van der Waals surface area contributed by atoms with Crippen molar-refractivity contribution in [3.8, 4) is 0 Å². The van der Waals surface area contributed by atoms with E-state index >= 15 is 0 Å². The summed E-state index contributed by atoms with van der Waals surface area (Å²) in [4.78, 5) is 32.7. The zero-order chi connectivity index (χ0) is 21.7. The Hall–Kier alpha value is -2.42. The summed E-state index contributed by atoms with van der Waals surface area (Å²) < 4.78 is 27.2. The van der Waals surface area contributed by atoms with Crippen LogP contribution in [0.1, 0.15) is 25.7 Å². The first-order valence-corrected chi connectivity index (χ1v) is 10.6. The van der Waals surface area contributed by atoms with Crippen LogP contribution in [0.3, 0.4) is 0 Å². The van der Waals surface area contributed by atoms with Gasteiger partial charge in [0.05, 0.1) is 11.7 Å². The number of carbonyl (C=O) groups excluding carboxylic acids is 2. The molecule has 2 fully saturated rings. The molecule has 2 aliphatic heterocycles. The van der Waals surface area contributed by atoms with Gasteiger partial charge in [-0.05, 0) is 44.5 Å². The molecule has 1 aromatic rings. The van der Waals surface area contributed by atoms with Crippen molar-refractivity contribution >= 4 is 17.7 Å². The number of urea groups is 2. The third-order valence-electron chi connectivity index (χ3n) is 5.80. The number of nitrogens with one attached hydrogen (secondary N) is 1. The fourth-order valence-electron chi connectivity index (χ4n) is 4.09. The second kappa shape index (κ2) is 10.1. The molecule has 0 radical (unpaired) electrons. The molecule has 0 bridgehead atoms. The number of halogens is 2. The predicted octanol–water partition coefficient (Wildman–Crippen LogP) is 3.04. The third-order valence-corrected chi connectivity index (χ3v) is 5.80. The van der Waals surface area contributed by atoms with Crippen LogP contribution in [0.5, 0.6) is 0 Å². The van der Waals surface area contributed by atoms with Crippen molar-refractivity contribution < 1.29 is 18.4 Å². The fraction of sp³-hybridized carbons (Fsp3) is 0.619. The lowest BCUT2D eigenvalue weighted by Gasteiger charge is -2.34. The van der Waals surface area contributed by atoms with Gasteiger partial charge in [-0.1, -0.05) is 6.42 Å². The Balaban J connectivity index is 1.60. The Kier molecular flexibility index (Phi) is 7.47. The zero-order valence-electron chi connectivity index (χ0n) is 17.7. The molecule has 3 rings (SSSR count). The number of hydrogen-bond donors (Lipinski definition) is 1. The van der Waals surface area contributed by atoms with E-state index in [0.29, 0.717) is 26.1 Å². The van der Waals surface area contributed by atoms with Crippen molar-refractivity contribution in [2.24, 2.45) is 0 Å². The van der Waals surface area contributed by atoms with Gasteiger partial charge in [-0.2, -0.15) is 0 Å². The summed E-state index contributed by atoms with van der Waals surface area (Å²) in [6.45, 7) is 4.36. The van der Waals surface area contributed by atoms with Crippen LogP contribution in [0.2, 0.25) is 0 Å². The second-order valence-electron chi connectivity index (χ2n) is 8.22. The molecule has 1 atom stereocenters. The number of carbonyl (C=O) groups is 2. The van der Waals surface area contributed by atoms with Gasteiger partial charge in [0.1, 0.15) is 11.6 Å². The Morgan fingerprint density at radius 1 is 1.13 bits per heavy atom. The van der Waals surface area contributed by atoms with E-state index in [9.17, 15) is 18.4 Å². The lowest BCUT2D eigenvalue weighted by atomic mass is 10.1. The number of amides is 4. The van der Waals surface area contributed by atoms with Gasteiger partial charge in [0, 0.05) is 46.3 Å². The molecule has 0 spiro atoms. The van der Waals surface area contributed by atoms with Gasteiger partial charge in [-0.15, -0.1) is 0 Å². The van der Waals surface area contributed by atoms with E-state index in [2.05, 4.69) is 10.2 Å². The maximum Gasteiger partial charge on any atom is 0.321 e. The molecule has 9 heteroatoms. The lowest BCUT2D eigenvalue weighted by Crippen LogP contribution is -2.50. The first-order valence-electron chi connectivity index (χ1n) is 10.6. The monoisotopic (exact) mass is 423 g/mol. The average Bonchev–Trinajstić information content (AvgIpc) is 3.21. The summed E-state index contributed by atoms with van der Waals surface area (Å²) in [5.74, 6) is -1.31. The topological polar surface area (TPSA) is 59.1 Å². The maximum absolute atomic E-state index is 13.8. The molecular formula is C21H31F2N5O2. The summed E-state index contributed by atoms with van der Waals surface area (Å²) in [5.41, 5.74) is -0.185.